The highest BCUT2D eigenvalue weighted by Gasteiger charge is 2.06. The summed E-state index contributed by atoms with van der Waals surface area (Å²) in [6.45, 7) is 8.42. The minimum Gasteiger partial charge on any atom is -0.388 e. The van der Waals surface area contributed by atoms with Crippen LogP contribution in [0, 0.1) is 0 Å². The lowest BCUT2D eigenvalue weighted by Gasteiger charge is -2.18. The molecule has 0 amide bonds. The first-order valence-electron chi connectivity index (χ1n) is 6.26. The molecule has 0 saturated heterocycles. The van der Waals surface area contributed by atoms with Crippen molar-refractivity contribution in [2.75, 3.05) is 31.5 Å². The number of thiocarbonyl (C=S) groups is 1. The SMILES string of the molecule is CCN(CC)CCCNc1nccnc1C(N)=S. The smallest absolute Gasteiger partial charge is 0.155 e. The number of hydrogen-bond donors (Lipinski definition) is 2. The Kier molecular flexibility index (Phi) is 6.53. The topological polar surface area (TPSA) is 67.1 Å². The van der Waals surface area contributed by atoms with Gasteiger partial charge in [0.1, 0.15) is 10.7 Å². The zero-order chi connectivity index (χ0) is 13.4. The van der Waals surface area contributed by atoms with Gasteiger partial charge in [0.05, 0.1) is 0 Å². The molecule has 0 aliphatic carbocycles. The summed E-state index contributed by atoms with van der Waals surface area (Å²) in [5, 5.41) is 3.23. The summed E-state index contributed by atoms with van der Waals surface area (Å²) in [4.78, 5) is 11.0. The molecule has 1 aromatic rings. The van der Waals surface area contributed by atoms with Gasteiger partial charge in [-0.2, -0.15) is 0 Å². The van der Waals surface area contributed by atoms with E-state index in [9.17, 15) is 0 Å². The van der Waals surface area contributed by atoms with Gasteiger partial charge in [-0.15, -0.1) is 0 Å². The van der Waals surface area contributed by atoms with Crippen LogP contribution in [0.5, 0.6) is 0 Å². The number of hydrogen-bond acceptors (Lipinski definition) is 5. The van der Waals surface area contributed by atoms with Gasteiger partial charge in [0.15, 0.2) is 5.82 Å². The Hall–Kier alpha value is -1.27. The fourth-order valence-electron chi connectivity index (χ4n) is 1.70. The van der Waals surface area contributed by atoms with Crippen molar-refractivity contribution in [1.29, 1.82) is 0 Å². The Morgan fingerprint density at radius 1 is 1.33 bits per heavy atom. The van der Waals surface area contributed by atoms with Crippen LogP contribution < -0.4 is 11.1 Å². The number of anilines is 1. The van der Waals surface area contributed by atoms with Crippen molar-refractivity contribution in [3.05, 3.63) is 18.1 Å². The van der Waals surface area contributed by atoms with Crippen LogP contribution in [0.2, 0.25) is 0 Å². The van der Waals surface area contributed by atoms with Crippen LogP contribution in [0.25, 0.3) is 0 Å². The molecule has 0 atom stereocenters. The monoisotopic (exact) mass is 267 g/mol. The van der Waals surface area contributed by atoms with E-state index >= 15 is 0 Å². The van der Waals surface area contributed by atoms with Gasteiger partial charge in [-0.1, -0.05) is 26.1 Å². The molecule has 0 fully saturated rings. The lowest BCUT2D eigenvalue weighted by atomic mass is 10.3. The molecule has 3 N–H and O–H groups in total. The summed E-state index contributed by atoms with van der Waals surface area (Å²) in [5.74, 6) is 0.671. The highest BCUT2D eigenvalue weighted by molar-refractivity contribution is 7.80. The standard InChI is InChI=1S/C12H21N5S/c1-3-17(4-2)9-5-6-15-12-10(11(13)18)14-7-8-16-12/h7-8H,3-6,9H2,1-2H3,(H2,13,18)(H,15,16). The van der Waals surface area contributed by atoms with Crippen molar-refractivity contribution in [3.8, 4) is 0 Å². The van der Waals surface area contributed by atoms with E-state index in [-0.39, 0.29) is 4.99 Å². The van der Waals surface area contributed by atoms with Gasteiger partial charge in [-0.05, 0) is 26.1 Å². The zero-order valence-electron chi connectivity index (χ0n) is 11.0. The predicted molar refractivity (Wildman–Crippen MR) is 78.8 cm³/mol. The van der Waals surface area contributed by atoms with Gasteiger partial charge in [0.25, 0.3) is 0 Å². The molecule has 0 unspecified atom stereocenters. The van der Waals surface area contributed by atoms with Crippen LogP contribution in [0.1, 0.15) is 26.0 Å². The van der Waals surface area contributed by atoms with Crippen LogP contribution in [-0.4, -0.2) is 46.0 Å². The van der Waals surface area contributed by atoms with Crippen molar-refractivity contribution in [1.82, 2.24) is 14.9 Å². The lowest BCUT2D eigenvalue weighted by Crippen LogP contribution is -2.26. The van der Waals surface area contributed by atoms with Crippen molar-refractivity contribution >= 4 is 23.0 Å². The van der Waals surface area contributed by atoms with E-state index < -0.39 is 0 Å². The first-order chi connectivity index (χ1) is 8.69. The molecular formula is C12H21N5S. The van der Waals surface area contributed by atoms with Gasteiger partial charge in [0, 0.05) is 18.9 Å². The Labute approximate surface area is 114 Å². The van der Waals surface area contributed by atoms with E-state index in [4.69, 9.17) is 18.0 Å². The lowest BCUT2D eigenvalue weighted by molar-refractivity contribution is 0.303. The average Bonchev–Trinajstić information content (AvgIpc) is 2.39. The molecular weight excluding hydrogens is 246 g/mol. The van der Waals surface area contributed by atoms with Crippen LogP contribution >= 0.6 is 12.2 Å². The molecule has 18 heavy (non-hydrogen) atoms. The minimum atomic E-state index is 0.273. The maximum Gasteiger partial charge on any atom is 0.155 e. The van der Waals surface area contributed by atoms with E-state index in [2.05, 4.69) is 34.0 Å². The molecule has 0 aromatic carbocycles. The summed E-state index contributed by atoms with van der Waals surface area (Å²) in [7, 11) is 0. The molecule has 0 aliphatic rings. The number of nitrogens with one attached hydrogen (secondary N) is 1. The fraction of sp³-hybridized carbons (Fsp3) is 0.583. The Balaban J connectivity index is 2.42. The number of aromatic nitrogens is 2. The molecule has 100 valence electrons. The molecule has 6 heteroatoms. The van der Waals surface area contributed by atoms with Crippen molar-refractivity contribution in [2.45, 2.75) is 20.3 Å². The average molecular weight is 267 g/mol. The van der Waals surface area contributed by atoms with E-state index in [1.807, 2.05) is 0 Å². The predicted octanol–water partition coefficient (Wildman–Crippen LogP) is 1.25. The van der Waals surface area contributed by atoms with Gasteiger partial charge < -0.3 is 16.0 Å². The Bertz CT molecular complexity index is 378. The highest BCUT2D eigenvalue weighted by Crippen LogP contribution is 2.07. The van der Waals surface area contributed by atoms with Crippen molar-refractivity contribution < 1.29 is 0 Å². The maximum absolute atomic E-state index is 5.59. The summed E-state index contributed by atoms with van der Waals surface area (Å²) < 4.78 is 0. The molecule has 5 nitrogen and oxygen atoms in total. The first-order valence-corrected chi connectivity index (χ1v) is 6.66. The van der Waals surface area contributed by atoms with Gasteiger partial charge in [-0.25, -0.2) is 9.97 Å². The Morgan fingerprint density at radius 3 is 2.61 bits per heavy atom. The quantitative estimate of drug-likeness (QED) is 0.546. The number of nitrogens with two attached hydrogens (primary N) is 1. The van der Waals surface area contributed by atoms with Gasteiger partial charge in [0.2, 0.25) is 0 Å². The maximum atomic E-state index is 5.59. The zero-order valence-corrected chi connectivity index (χ0v) is 11.8. The van der Waals surface area contributed by atoms with Crippen LogP contribution in [-0.2, 0) is 0 Å². The third-order valence-corrected chi connectivity index (χ3v) is 2.96. The number of rotatable bonds is 8. The highest BCUT2D eigenvalue weighted by atomic mass is 32.1. The van der Waals surface area contributed by atoms with Gasteiger partial charge >= 0.3 is 0 Å². The van der Waals surface area contributed by atoms with Crippen LogP contribution in [0.15, 0.2) is 12.4 Å². The van der Waals surface area contributed by atoms with E-state index in [0.717, 1.165) is 32.6 Å². The van der Waals surface area contributed by atoms with Gasteiger partial charge in [-0.3, -0.25) is 0 Å². The summed E-state index contributed by atoms with van der Waals surface area (Å²) in [6.07, 6.45) is 4.28. The molecule has 0 bridgehead atoms. The third-order valence-electron chi connectivity index (χ3n) is 2.77. The molecule has 1 rings (SSSR count). The number of nitrogens with zero attached hydrogens (tertiary/aromatic N) is 3. The fourth-order valence-corrected chi connectivity index (χ4v) is 1.85. The van der Waals surface area contributed by atoms with E-state index in [0.29, 0.717) is 11.5 Å². The van der Waals surface area contributed by atoms with Crippen LogP contribution in [0.4, 0.5) is 5.82 Å². The summed E-state index contributed by atoms with van der Waals surface area (Å²) in [6, 6.07) is 0. The molecule has 0 radical (unpaired) electrons. The second-order valence-corrected chi connectivity index (χ2v) is 4.36. The van der Waals surface area contributed by atoms with E-state index in [1.165, 1.54) is 0 Å². The second kappa shape index (κ2) is 7.94. The molecule has 0 saturated carbocycles. The molecule has 1 heterocycles. The third kappa shape index (κ3) is 4.54. The first kappa shape index (κ1) is 14.8. The Morgan fingerprint density at radius 2 is 2.00 bits per heavy atom. The van der Waals surface area contributed by atoms with E-state index in [1.54, 1.807) is 12.4 Å². The summed E-state index contributed by atoms with van der Waals surface area (Å²) in [5.41, 5.74) is 6.16. The summed E-state index contributed by atoms with van der Waals surface area (Å²) >= 11 is 4.93. The molecule has 1 aromatic heterocycles. The normalized spacial score (nSPS) is 10.6. The minimum absolute atomic E-state index is 0.273. The molecule has 0 spiro atoms. The van der Waals surface area contributed by atoms with Crippen molar-refractivity contribution in [3.63, 3.8) is 0 Å². The second-order valence-electron chi connectivity index (χ2n) is 3.93. The van der Waals surface area contributed by atoms with Crippen molar-refractivity contribution in [2.24, 2.45) is 5.73 Å². The van der Waals surface area contributed by atoms with Crippen LogP contribution in [0.3, 0.4) is 0 Å². The molecule has 0 aliphatic heterocycles. The largest absolute Gasteiger partial charge is 0.388 e.